The number of rotatable bonds is 8. The van der Waals surface area contributed by atoms with Crippen LogP contribution < -0.4 is 0 Å². The summed E-state index contributed by atoms with van der Waals surface area (Å²) < 4.78 is 4.89. The molecular weight excluding hydrogens is 256 g/mol. The molecule has 0 saturated heterocycles. The first-order valence-corrected chi connectivity index (χ1v) is 6.75. The van der Waals surface area contributed by atoms with Crippen molar-refractivity contribution >= 4 is 17.9 Å². The zero-order chi connectivity index (χ0) is 14.8. The molecule has 1 atom stereocenters. The number of carbonyl (C=O) groups is 2. The van der Waals surface area contributed by atoms with Crippen LogP contribution in [0.25, 0.3) is 0 Å². The lowest BCUT2D eigenvalue weighted by Gasteiger charge is -2.03. The fourth-order valence-electron chi connectivity index (χ4n) is 1.57. The van der Waals surface area contributed by atoms with Gasteiger partial charge in [0, 0.05) is 6.42 Å². The van der Waals surface area contributed by atoms with E-state index < -0.39 is 0 Å². The third kappa shape index (κ3) is 5.73. The van der Waals surface area contributed by atoms with Crippen molar-refractivity contribution in [3.63, 3.8) is 0 Å². The maximum absolute atomic E-state index is 11.4. The maximum Gasteiger partial charge on any atom is 0.338 e. The van der Waals surface area contributed by atoms with Crippen LogP contribution in [-0.4, -0.2) is 25.4 Å². The van der Waals surface area contributed by atoms with Crippen molar-refractivity contribution in [2.75, 3.05) is 13.2 Å². The molecule has 0 bridgehead atoms. The Hall–Kier alpha value is -2.04. The van der Waals surface area contributed by atoms with Gasteiger partial charge < -0.3 is 9.53 Å². The molecule has 0 N–H and O–H groups in total. The number of azo groups is 1. The third-order valence-electron chi connectivity index (χ3n) is 2.79. The van der Waals surface area contributed by atoms with Gasteiger partial charge in [0.1, 0.15) is 6.29 Å². The van der Waals surface area contributed by atoms with Gasteiger partial charge in [0.15, 0.2) is 0 Å². The molecule has 1 rings (SSSR count). The average molecular weight is 276 g/mol. The van der Waals surface area contributed by atoms with Gasteiger partial charge in [-0.3, -0.25) is 0 Å². The summed E-state index contributed by atoms with van der Waals surface area (Å²) in [6.07, 6.45) is 2.32. The smallest absolute Gasteiger partial charge is 0.338 e. The molecule has 1 aromatic rings. The number of hydrogen-bond acceptors (Lipinski definition) is 5. The minimum absolute atomic E-state index is 0.331. The van der Waals surface area contributed by atoms with Crippen molar-refractivity contribution in [1.29, 1.82) is 0 Å². The highest BCUT2D eigenvalue weighted by molar-refractivity contribution is 5.89. The topological polar surface area (TPSA) is 68.1 Å². The van der Waals surface area contributed by atoms with Crippen LogP contribution in [0, 0.1) is 5.92 Å². The third-order valence-corrected chi connectivity index (χ3v) is 2.79. The van der Waals surface area contributed by atoms with Gasteiger partial charge in [-0.1, -0.05) is 6.92 Å². The van der Waals surface area contributed by atoms with Crippen LogP contribution in [0.2, 0.25) is 0 Å². The molecule has 0 aliphatic heterocycles. The van der Waals surface area contributed by atoms with Crippen LogP contribution in [0.5, 0.6) is 0 Å². The van der Waals surface area contributed by atoms with Crippen molar-refractivity contribution in [2.45, 2.75) is 26.7 Å². The molecule has 108 valence electrons. The Morgan fingerprint density at radius 1 is 1.35 bits per heavy atom. The Balaban J connectivity index is 2.45. The Morgan fingerprint density at radius 2 is 2.05 bits per heavy atom. The molecule has 0 aliphatic carbocycles. The van der Waals surface area contributed by atoms with E-state index in [1.165, 1.54) is 0 Å². The molecule has 0 aromatic heterocycles. The number of esters is 1. The van der Waals surface area contributed by atoms with Gasteiger partial charge in [-0.15, -0.1) is 0 Å². The summed E-state index contributed by atoms with van der Waals surface area (Å²) in [6, 6.07) is 6.79. The Kier molecular flexibility index (Phi) is 7.17. The van der Waals surface area contributed by atoms with Gasteiger partial charge in [0.05, 0.1) is 24.4 Å². The zero-order valence-corrected chi connectivity index (χ0v) is 11.9. The number of nitrogens with zero attached hydrogens (tertiary/aromatic N) is 2. The first-order chi connectivity index (χ1) is 9.67. The van der Waals surface area contributed by atoms with Gasteiger partial charge in [-0.05, 0) is 43.5 Å². The van der Waals surface area contributed by atoms with Crippen molar-refractivity contribution in [3.8, 4) is 0 Å². The summed E-state index contributed by atoms with van der Waals surface area (Å²) in [4.78, 5) is 21.8. The lowest BCUT2D eigenvalue weighted by Crippen LogP contribution is -2.03. The summed E-state index contributed by atoms with van der Waals surface area (Å²) in [5, 5.41) is 8.14. The molecule has 1 unspecified atom stereocenters. The second-order valence-electron chi connectivity index (χ2n) is 4.53. The van der Waals surface area contributed by atoms with Gasteiger partial charge >= 0.3 is 5.97 Å². The zero-order valence-electron chi connectivity index (χ0n) is 11.9. The van der Waals surface area contributed by atoms with Gasteiger partial charge in [-0.2, -0.15) is 10.2 Å². The van der Waals surface area contributed by atoms with E-state index in [1.54, 1.807) is 31.2 Å². The number of ether oxygens (including phenoxy) is 1. The minimum atomic E-state index is -0.335. The van der Waals surface area contributed by atoms with E-state index in [1.807, 2.05) is 6.92 Å². The van der Waals surface area contributed by atoms with Crippen molar-refractivity contribution in [3.05, 3.63) is 29.8 Å². The monoisotopic (exact) mass is 276 g/mol. The van der Waals surface area contributed by atoms with E-state index in [0.29, 0.717) is 36.7 Å². The number of benzene rings is 1. The lowest BCUT2D eigenvalue weighted by molar-refractivity contribution is -0.108. The number of hydrogen-bond donors (Lipinski definition) is 0. The normalized spacial score (nSPS) is 12.3. The highest BCUT2D eigenvalue weighted by atomic mass is 16.5. The lowest BCUT2D eigenvalue weighted by atomic mass is 10.1. The molecule has 1 aromatic carbocycles. The largest absolute Gasteiger partial charge is 0.462 e. The van der Waals surface area contributed by atoms with E-state index in [-0.39, 0.29) is 5.97 Å². The van der Waals surface area contributed by atoms with Gasteiger partial charge in [0.2, 0.25) is 0 Å². The minimum Gasteiger partial charge on any atom is -0.462 e. The molecule has 5 heteroatoms. The molecular formula is C15H20N2O3. The first-order valence-electron chi connectivity index (χ1n) is 6.75. The second-order valence-corrected chi connectivity index (χ2v) is 4.53. The summed E-state index contributed by atoms with van der Waals surface area (Å²) in [5.41, 5.74) is 1.20. The van der Waals surface area contributed by atoms with Crippen LogP contribution in [0.1, 0.15) is 37.0 Å². The van der Waals surface area contributed by atoms with Crippen molar-refractivity contribution in [2.24, 2.45) is 16.1 Å². The van der Waals surface area contributed by atoms with Crippen LogP contribution in [0.3, 0.4) is 0 Å². The highest BCUT2D eigenvalue weighted by Gasteiger charge is 2.05. The van der Waals surface area contributed by atoms with Crippen LogP contribution in [-0.2, 0) is 9.53 Å². The number of aldehydes is 1. The average Bonchev–Trinajstić information content (AvgIpc) is 2.45. The van der Waals surface area contributed by atoms with Gasteiger partial charge in [-0.25, -0.2) is 4.79 Å². The van der Waals surface area contributed by atoms with E-state index in [9.17, 15) is 9.59 Å². The molecule has 0 saturated carbocycles. The summed E-state index contributed by atoms with van der Waals surface area (Å²) >= 11 is 0. The van der Waals surface area contributed by atoms with E-state index in [2.05, 4.69) is 10.2 Å². The molecule has 0 fully saturated rings. The predicted molar refractivity (Wildman–Crippen MR) is 76.2 cm³/mol. The fraction of sp³-hybridized carbons (Fsp3) is 0.467. The predicted octanol–water partition coefficient (Wildman–Crippen LogP) is 3.56. The Morgan fingerprint density at radius 3 is 2.65 bits per heavy atom. The van der Waals surface area contributed by atoms with Gasteiger partial charge in [0.25, 0.3) is 0 Å². The van der Waals surface area contributed by atoms with Crippen molar-refractivity contribution < 1.29 is 14.3 Å². The van der Waals surface area contributed by atoms with Crippen LogP contribution in [0.4, 0.5) is 5.69 Å². The second kappa shape index (κ2) is 8.96. The molecule has 0 aliphatic rings. The van der Waals surface area contributed by atoms with E-state index in [4.69, 9.17) is 4.74 Å². The molecule has 0 radical (unpaired) electrons. The van der Waals surface area contributed by atoms with E-state index >= 15 is 0 Å². The fourth-order valence-corrected chi connectivity index (χ4v) is 1.57. The summed E-state index contributed by atoms with van der Waals surface area (Å²) in [7, 11) is 0. The summed E-state index contributed by atoms with van der Waals surface area (Å²) in [5.74, 6) is -0.00341. The first kappa shape index (κ1) is 16.0. The molecule has 0 heterocycles. The standard InChI is InChI=1S/C15H20N2O3/c1-3-20-15(19)13-4-6-14(7-5-13)17-16-10-8-12(2)9-11-18/h4-7,11-12H,3,8-10H2,1-2H3. The molecule has 20 heavy (non-hydrogen) atoms. The highest BCUT2D eigenvalue weighted by Crippen LogP contribution is 2.15. The maximum atomic E-state index is 11.4. The van der Waals surface area contributed by atoms with Crippen LogP contribution in [0.15, 0.2) is 34.5 Å². The number of carbonyl (C=O) groups excluding carboxylic acids is 2. The Bertz CT molecular complexity index is 455. The van der Waals surface area contributed by atoms with Crippen LogP contribution >= 0.6 is 0 Å². The Labute approximate surface area is 119 Å². The molecule has 0 amide bonds. The summed E-state index contributed by atoms with van der Waals surface area (Å²) in [6.45, 7) is 4.73. The van der Waals surface area contributed by atoms with E-state index in [0.717, 1.165) is 12.7 Å². The van der Waals surface area contributed by atoms with Crippen molar-refractivity contribution in [1.82, 2.24) is 0 Å². The molecule has 0 spiro atoms. The quantitative estimate of drug-likeness (QED) is 0.414. The molecule has 5 nitrogen and oxygen atoms in total. The SMILES string of the molecule is CCOC(=O)c1ccc(N=NCCC(C)CC=O)cc1.